The Morgan fingerprint density at radius 3 is 2.73 bits per heavy atom. The minimum Gasteiger partial charge on any atom is -0.487 e. The van der Waals surface area contributed by atoms with E-state index in [1.54, 1.807) is 7.11 Å². The standard InChI is InChI=1S/C11H16ClNO2/c1-8(7-14-2)15-11-4-3-9(6-13)5-10(11)12/h3-5,8H,6-7,13H2,1-2H3. The van der Waals surface area contributed by atoms with Crippen LogP contribution in [0, 0.1) is 0 Å². The van der Waals surface area contributed by atoms with Crippen molar-refractivity contribution in [1.29, 1.82) is 0 Å². The largest absolute Gasteiger partial charge is 0.487 e. The molecule has 0 bridgehead atoms. The van der Waals surface area contributed by atoms with Crippen molar-refractivity contribution in [2.45, 2.75) is 19.6 Å². The number of halogens is 1. The van der Waals surface area contributed by atoms with E-state index in [9.17, 15) is 0 Å². The molecule has 15 heavy (non-hydrogen) atoms. The molecular formula is C11H16ClNO2. The van der Waals surface area contributed by atoms with Crippen LogP contribution in [-0.2, 0) is 11.3 Å². The molecule has 0 saturated carbocycles. The highest BCUT2D eigenvalue weighted by Crippen LogP contribution is 2.26. The number of ether oxygens (including phenoxy) is 2. The fraction of sp³-hybridized carbons (Fsp3) is 0.455. The zero-order chi connectivity index (χ0) is 11.3. The Balaban J connectivity index is 2.69. The summed E-state index contributed by atoms with van der Waals surface area (Å²) in [5, 5.41) is 0.584. The predicted molar refractivity (Wildman–Crippen MR) is 61.3 cm³/mol. The fourth-order valence-electron chi connectivity index (χ4n) is 1.25. The normalized spacial score (nSPS) is 12.5. The van der Waals surface area contributed by atoms with Crippen molar-refractivity contribution in [2.24, 2.45) is 5.73 Å². The average Bonchev–Trinajstić information content (AvgIpc) is 2.21. The summed E-state index contributed by atoms with van der Waals surface area (Å²) in [6, 6.07) is 5.55. The van der Waals surface area contributed by atoms with E-state index in [-0.39, 0.29) is 6.10 Å². The number of benzene rings is 1. The van der Waals surface area contributed by atoms with E-state index in [0.29, 0.717) is 23.9 Å². The summed E-state index contributed by atoms with van der Waals surface area (Å²) in [5.41, 5.74) is 6.49. The van der Waals surface area contributed by atoms with Crippen molar-refractivity contribution in [1.82, 2.24) is 0 Å². The van der Waals surface area contributed by atoms with Crippen molar-refractivity contribution in [3.05, 3.63) is 28.8 Å². The lowest BCUT2D eigenvalue weighted by atomic mass is 10.2. The van der Waals surface area contributed by atoms with Gasteiger partial charge in [-0.25, -0.2) is 0 Å². The van der Waals surface area contributed by atoms with Crippen molar-refractivity contribution in [2.75, 3.05) is 13.7 Å². The third-order valence-electron chi connectivity index (χ3n) is 1.96. The fourth-order valence-corrected chi connectivity index (χ4v) is 1.50. The van der Waals surface area contributed by atoms with Crippen LogP contribution in [0.25, 0.3) is 0 Å². The van der Waals surface area contributed by atoms with Gasteiger partial charge in [-0.3, -0.25) is 0 Å². The highest BCUT2D eigenvalue weighted by atomic mass is 35.5. The molecule has 0 fully saturated rings. The molecule has 1 atom stereocenters. The third kappa shape index (κ3) is 3.70. The summed E-state index contributed by atoms with van der Waals surface area (Å²) >= 11 is 6.03. The first-order chi connectivity index (χ1) is 7.17. The molecule has 1 aromatic rings. The van der Waals surface area contributed by atoms with Crippen LogP contribution in [-0.4, -0.2) is 19.8 Å². The van der Waals surface area contributed by atoms with Crippen LogP contribution in [0.15, 0.2) is 18.2 Å². The summed E-state index contributed by atoms with van der Waals surface area (Å²) in [6.07, 6.45) is -0.0174. The molecule has 0 radical (unpaired) electrons. The van der Waals surface area contributed by atoms with E-state index in [4.69, 9.17) is 26.8 Å². The molecule has 0 aliphatic carbocycles. The molecule has 0 aliphatic rings. The molecule has 1 unspecified atom stereocenters. The lowest BCUT2D eigenvalue weighted by molar-refractivity contribution is 0.0921. The number of nitrogens with two attached hydrogens (primary N) is 1. The van der Waals surface area contributed by atoms with Gasteiger partial charge in [-0.2, -0.15) is 0 Å². The lowest BCUT2D eigenvalue weighted by Crippen LogP contribution is -2.18. The van der Waals surface area contributed by atoms with Crippen molar-refractivity contribution in [3.8, 4) is 5.75 Å². The van der Waals surface area contributed by atoms with Gasteiger partial charge in [0.05, 0.1) is 11.6 Å². The molecule has 1 rings (SSSR count). The second-order valence-corrected chi connectivity index (χ2v) is 3.76. The Morgan fingerprint density at radius 1 is 1.47 bits per heavy atom. The van der Waals surface area contributed by atoms with Crippen molar-refractivity contribution in [3.63, 3.8) is 0 Å². The number of methoxy groups -OCH3 is 1. The maximum absolute atomic E-state index is 6.03. The molecule has 2 N–H and O–H groups in total. The molecule has 84 valence electrons. The van der Waals surface area contributed by atoms with Gasteiger partial charge in [-0.15, -0.1) is 0 Å². The van der Waals surface area contributed by atoms with E-state index in [1.807, 2.05) is 25.1 Å². The SMILES string of the molecule is COCC(C)Oc1ccc(CN)cc1Cl. The van der Waals surface area contributed by atoms with Gasteiger partial charge in [0.15, 0.2) is 0 Å². The molecule has 0 heterocycles. The Bertz CT molecular complexity index is 317. The second-order valence-electron chi connectivity index (χ2n) is 3.35. The van der Waals surface area contributed by atoms with Gasteiger partial charge >= 0.3 is 0 Å². The van der Waals surface area contributed by atoms with Gasteiger partial charge in [0, 0.05) is 13.7 Å². The summed E-state index contributed by atoms with van der Waals surface area (Å²) in [7, 11) is 1.64. The molecular weight excluding hydrogens is 214 g/mol. The highest BCUT2D eigenvalue weighted by Gasteiger charge is 2.07. The first-order valence-electron chi connectivity index (χ1n) is 4.81. The van der Waals surface area contributed by atoms with E-state index in [1.165, 1.54) is 0 Å². The van der Waals surface area contributed by atoms with Crippen LogP contribution in [0.4, 0.5) is 0 Å². The van der Waals surface area contributed by atoms with Crippen LogP contribution in [0.5, 0.6) is 5.75 Å². The molecule has 4 heteroatoms. The molecule has 0 spiro atoms. The number of hydrogen-bond donors (Lipinski definition) is 1. The van der Waals surface area contributed by atoms with Gasteiger partial charge in [-0.05, 0) is 24.6 Å². The summed E-state index contributed by atoms with van der Waals surface area (Å²) < 4.78 is 10.6. The summed E-state index contributed by atoms with van der Waals surface area (Å²) in [5.74, 6) is 0.665. The first kappa shape index (κ1) is 12.3. The second kappa shape index (κ2) is 5.95. The molecule has 0 aliphatic heterocycles. The smallest absolute Gasteiger partial charge is 0.138 e. The number of hydrogen-bond acceptors (Lipinski definition) is 3. The minimum absolute atomic E-state index is 0.0174. The van der Waals surface area contributed by atoms with Crippen LogP contribution < -0.4 is 10.5 Å². The lowest BCUT2D eigenvalue weighted by Gasteiger charge is -2.15. The van der Waals surface area contributed by atoms with Gasteiger partial charge in [-0.1, -0.05) is 17.7 Å². The topological polar surface area (TPSA) is 44.5 Å². The Kier molecular flexibility index (Phi) is 4.88. The van der Waals surface area contributed by atoms with Crippen molar-refractivity contribution < 1.29 is 9.47 Å². The molecule has 1 aromatic carbocycles. The van der Waals surface area contributed by atoms with Gasteiger partial charge in [0.25, 0.3) is 0 Å². The van der Waals surface area contributed by atoms with Crippen LogP contribution >= 0.6 is 11.6 Å². The third-order valence-corrected chi connectivity index (χ3v) is 2.26. The predicted octanol–water partition coefficient (Wildman–Crippen LogP) is 2.21. The Hall–Kier alpha value is -0.770. The molecule has 3 nitrogen and oxygen atoms in total. The van der Waals surface area contributed by atoms with Gasteiger partial charge in [0.1, 0.15) is 11.9 Å². The highest BCUT2D eigenvalue weighted by molar-refractivity contribution is 6.32. The zero-order valence-electron chi connectivity index (χ0n) is 9.00. The van der Waals surface area contributed by atoms with Crippen LogP contribution in [0.1, 0.15) is 12.5 Å². The minimum atomic E-state index is -0.0174. The number of rotatable bonds is 5. The molecule has 0 aromatic heterocycles. The first-order valence-corrected chi connectivity index (χ1v) is 5.19. The monoisotopic (exact) mass is 229 g/mol. The van der Waals surface area contributed by atoms with E-state index >= 15 is 0 Å². The Morgan fingerprint density at radius 2 is 2.20 bits per heavy atom. The molecule has 0 saturated heterocycles. The van der Waals surface area contributed by atoms with E-state index in [2.05, 4.69) is 0 Å². The van der Waals surface area contributed by atoms with Crippen LogP contribution in [0.2, 0.25) is 5.02 Å². The maximum atomic E-state index is 6.03. The average molecular weight is 230 g/mol. The Labute approximate surface area is 95.1 Å². The zero-order valence-corrected chi connectivity index (χ0v) is 9.75. The summed E-state index contributed by atoms with van der Waals surface area (Å²) in [6.45, 7) is 2.94. The van der Waals surface area contributed by atoms with Crippen LogP contribution in [0.3, 0.4) is 0 Å². The maximum Gasteiger partial charge on any atom is 0.138 e. The van der Waals surface area contributed by atoms with E-state index < -0.39 is 0 Å². The van der Waals surface area contributed by atoms with E-state index in [0.717, 1.165) is 5.56 Å². The quantitative estimate of drug-likeness (QED) is 0.842. The van der Waals surface area contributed by atoms with Crippen molar-refractivity contribution >= 4 is 11.6 Å². The molecule has 0 amide bonds. The summed E-state index contributed by atoms with van der Waals surface area (Å²) in [4.78, 5) is 0. The van der Waals surface area contributed by atoms with Gasteiger partial charge < -0.3 is 15.2 Å². The van der Waals surface area contributed by atoms with Gasteiger partial charge in [0.2, 0.25) is 0 Å².